The third kappa shape index (κ3) is 3.83. The smallest absolute Gasteiger partial charge is 0.354 e. The molecule has 1 unspecified atom stereocenters. The van der Waals surface area contributed by atoms with E-state index in [0.29, 0.717) is 24.2 Å². The van der Waals surface area contributed by atoms with Crippen molar-refractivity contribution in [3.8, 4) is 0 Å². The zero-order valence-corrected chi connectivity index (χ0v) is 15.9. The van der Waals surface area contributed by atoms with Crippen molar-refractivity contribution in [1.29, 1.82) is 0 Å². The van der Waals surface area contributed by atoms with Crippen molar-refractivity contribution in [1.82, 2.24) is 4.98 Å². The Labute approximate surface area is 163 Å². The van der Waals surface area contributed by atoms with E-state index in [1.165, 1.54) is 6.08 Å². The van der Waals surface area contributed by atoms with Crippen LogP contribution in [0.1, 0.15) is 52.7 Å². The number of benzene rings is 1. The highest BCUT2D eigenvalue weighted by atomic mass is 16.5. The van der Waals surface area contributed by atoms with Crippen LogP contribution in [-0.2, 0) is 9.53 Å². The molecular formula is C21H23N3O4. The Hall–Kier alpha value is -3.35. The van der Waals surface area contributed by atoms with E-state index >= 15 is 0 Å². The molecule has 3 N–H and O–H groups in total. The number of hydrogen-bond acceptors (Lipinski definition) is 5. The normalized spacial score (nSPS) is 17.1. The van der Waals surface area contributed by atoms with Gasteiger partial charge in [0, 0.05) is 24.0 Å². The molecule has 2 aromatic rings. The molecule has 1 fully saturated rings. The summed E-state index contributed by atoms with van der Waals surface area (Å²) < 4.78 is 5.02. The van der Waals surface area contributed by atoms with Crippen molar-refractivity contribution in [2.45, 2.75) is 26.2 Å². The second-order valence-corrected chi connectivity index (χ2v) is 6.65. The molecule has 1 aliphatic rings. The fourth-order valence-electron chi connectivity index (χ4n) is 3.38. The molecule has 3 rings (SSSR count). The number of amides is 1. The van der Waals surface area contributed by atoms with Gasteiger partial charge in [0.05, 0.1) is 18.2 Å². The minimum Gasteiger partial charge on any atom is -0.461 e. The van der Waals surface area contributed by atoms with Gasteiger partial charge in [0.15, 0.2) is 0 Å². The maximum atomic E-state index is 13.1. The highest BCUT2D eigenvalue weighted by molar-refractivity contribution is 6.08. The zero-order valence-electron chi connectivity index (χ0n) is 15.9. The summed E-state index contributed by atoms with van der Waals surface area (Å²) in [5, 5.41) is 0. The van der Waals surface area contributed by atoms with Gasteiger partial charge in [-0.15, -0.1) is 0 Å². The van der Waals surface area contributed by atoms with Gasteiger partial charge in [0.25, 0.3) is 0 Å². The minimum absolute atomic E-state index is 0.108. The van der Waals surface area contributed by atoms with Crippen molar-refractivity contribution < 1.29 is 19.1 Å². The Bertz CT molecular complexity index is 926. The fraction of sp³-hybridized carbons (Fsp3) is 0.286. The van der Waals surface area contributed by atoms with E-state index in [1.54, 1.807) is 24.8 Å². The minimum atomic E-state index is -0.568. The van der Waals surface area contributed by atoms with E-state index in [-0.39, 0.29) is 29.7 Å². The largest absolute Gasteiger partial charge is 0.461 e. The first-order valence-corrected chi connectivity index (χ1v) is 9.17. The number of H-pyrrole nitrogens is 1. The number of rotatable bonds is 6. The van der Waals surface area contributed by atoms with Gasteiger partial charge in [-0.05, 0) is 44.0 Å². The highest BCUT2D eigenvalue weighted by Crippen LogP contribution is 2.34. The van der Waals surface area contributed by atoms with Gasteiger partial charge >= 0.3 is 5.97 Å². The molecule has 0 spiro atoms. The highest BCUT2D eigenvalue weighted by Gasteiger charge is 2.37. The average Bonchev–Trinajstić information content (AvgIpc) is 3.26. The Kier molecular flexibility index (Phi) is 5.63. The van der Waals surface area contributed by atoms with Gasteiger partial charge in [0.2, 0.25) is 11.7 Å². The Balaban J connectivity index is 1.98. The number of aromatic amines is 1. The standard InChI is InChI=1S/C21H23N3O4/c1-3-28-21(27)17-12-16(19(23-17)18(25)11-13(2)22)15-9-10-24(20(15)26)14-7-5-4-6-8-14/h4-8,11-12,15,23H,3,9-10,22H2,1-2H3. The quantitative estimate of drug-likeness (QED) is 0.455. The molecule has 0 saturated carbocycles. The molecule has 1 aromatic heterocycles. The number of aromatic nitrogens is 1. The van der Waals surface area contributed by atoms with Crippen LogP contribution >= 0.6 is 0 Å². The summed E-state index contributed by atoms with van der Waals surface area (Å²) in [6, 6.07) is 10.9. The predicted octanol–water partition coefficient (Wildman–Crippen LogP) is 2.76. The van der Waals surface area contributed by atoms with Crippen LogP contribution in [0.15, 0.2) is 48.2 Å². The number of ether oxygens (including phenoxy) is 1. The van der Waals surface area contributed by atoms with Crippen LogP contribution in [0.25, 0.3) is 0 Å². The van der Waals surface area contributed by atoms with E-state index in [2.05, 4.69) is 4.98 Å². The Morgan fingerprint density at radius 2 is 2.04 bits per heavy atom. The summed E-state index contributed by atoms with van der Waals surface area (Å²) in [7, 11) is 0. The second kappa shape index (κ2) is 8.12. The van der Waals surface area contributed by atoms with Gasteiger partial charge < -0.3 is 20.4 Å². The number of esters is 1. The van der Waals surface area contributed by atoms with E-state index < -0.39 is 11.9 Å². The van der Waals surface area contributed by atoms with Crippen molar-refractivity contribution >= 4 is 23.3 Å². The number of ketones is 1. The molecule has 7 nitrogen and oxygen atoms in total. The maximum absolute atomic E-state index is 13.1. The third-order valence-corrected chi connectivity index (χ3v) is 4.60. The Morgan fingerprint density at radius 1 is 1.32 bits per heavy atom. The molecule has 1 aliphatic heterocycles. The van der Waals surface area contributed by atoms with Crippen molar-refractivity contribution in [2.75, 3.05) is 18.1 Å². The average molecular weight is 381 g/mol. The first kappa shape index (κ1) is 19.4. The number of carbonyl (C=O) groups is 3. The summed E-state index contributed by atoms with van der Waals surface area (Å²) in [5.74, 6) is -1.58. The summed E-state index contributed by atoms with van der Waals surface area (Å²) in [4.78, 5) is 42.3. The molecular weight excluding hydrogens is 358 g/mol. The molecule has 28 heavy (non-hydrogen) atoms. The van der Waals surface area contributed by atoms with Crippen LogP contribution in [0.3, 0.4) is 0 Å². The molecule has 1 aromatic carbocycles. The number of carbonyl (C=O) groups excluding carboxylic acids is 3. The van der Waals surface area contributed by atoms with E-state index in [0.717, 1.165) is 5.69 Å². The van der Waals surface area contributed by atoms with E-state index in [1.807, 2.05) is 30.3 Å². The van der Waals surface area contributed by atoms with Crippen molar-refractivity contribution in [2.24, 2.45) is 5.73 Å². The molecule has 1 atom stereocenters. The molecule has 0 aliphatic carbocycles. The topological polar surface area (TPSA) is 105 Å². The van der Waals surface area contributed by atoms with Crippen LogP contribution in [0.2, 0.25) is 0 Å². The summed E-state index contributed by atoms with van der Waals surface area (Å²) in [6.07, 6.45) is 1.82. The fourth-order valence-corrected chi connectivity index (χ4v) is 3.38. The molecule has 146 valence electrons. The van der Waals surface area contributed by atoms with Gasteiger partial charge in [-0.2, -0.15) is 0 Å². The number of anilines is 1. The lowest BCUT2D eigenvalue weighted by atomic mass is 9.96. The van der Waals surface area contributed by atoms with E-state index in [9.17, 15) is 14.4 Å². The Morgan fingerprint density at radius 3 is 2.68 bits per heavy atom. The number of nitrogens with one attached hydrogen (secondary N) is 1. The number of nitrogens with two attached hydrogens (primary N) is 1. The molecule has 1 saturated heterocycles. The van der Waals surface area contributed by atoms with Crippen LogP contribution in [-0.4, -0.2) is 35.8 Å². The van der Waals surface area contributed by atoms with Crippen LogP contribution in [0.5, 0.6) is 0 Å². The molecule has 0 radical (unpaired) electrons. The lowest BCUT2D eigenvalue weighted by Crippen LogP contribution is -2.26. The summed E-state index contributed by atoms with van der Waals surface area (Å²) in [6.45, 7) is 4.05. The van der Waals surface area contributed by atoms with Crippen LogP contribution < -0.4 is 10.6 Å². The number of allylic oxidation sites excluding steroid dienone is 2. The first-order chi connectivity index (χ1) is 13.4. The lowest BCUT2D eigenvalue weighted by Gasteiger charge is -2.16. The molecule has 2 heterocycles. The van der Waals surface area contributed by atoms with E-state index in [4.69, 9.17) is 10.5 Å². The van der Waals surface area contributed by atoms with Gasteiger partial charge in [-0.25, -0.2) is 4.79 Å². The molecule has 1 amide bonds. The lowest BCUT2D eigenvalue weighted by molar-refractivity contribution is -0.118. The maximum Gasteiger partial charge on any atom is 0.354 e. The van der Waals surface area contributed by atoms with Gasteiger partial charge in [-0.1, -0.05) is 18.2 Å². The third-order valence-electron chi connectivity index (χ3n) is 4.60. The molecule has 7 heteroatoms. The SMILES string of the molecule is CCOC(=O)c1cc(C2CCN(c3ccccc3)C2=O)c(C(=O)C=C(C)N)[nH]1. The van der Waals surface area contributed by atoms with Crippen LogP contribution in [0.4, 0.5) is 5.69 Å². The monoisotopic (exact) mass is 381 g/mol. The number of para-hydroxylation sites is 1. The van der Waals surface area contributed by atoms with Crippen molar-refractivity contribution in [3.63, 3.8) is 0 Å². The summed E-state index contributed by atoms with van der Waals surface area (Å²) in [5.41, 5.74) is 7.62. The number of hydrogen-bond donors (Lipinski definition) is 2. The molecule has 0 bridgehead atoms. The summed E-state index contributed by atoms with van der Waals surface area (Å²) >= 11 is 0. The van der Waals surface area contributed by atoms with Crippen molar-refractivity contribution in [3.05, 3.63) is 65.1 Å². The second-order valence-electron chi connectivity index (χ2n) is 6.65. The first-order valence-electron chi connectivity index (χ1n) is 9.17. The van der Waals surface area contributed by atoms with Gasteiger partial charge in [0.1, 0.15) is 5.69 Å². The van der Waals surface area contributed by atoms with Gasteiger partial charge in [-0.3, -0.25) is 9.59 Å². The predicted molar refractivity (Wildman–Crippen MR) is 105 cm³/mol. The number of nitrogens with zero attached hydrogens (tertiary/aromatic N) is 1. The zero-order chi connectivity index (χ0) is 20.3. The van der Waals surface area contributed by atoms with Crippen LogP contribution in [0, 0.1) is 0 Å².